The molecule has 4 aromatic rings. The first-order valence-corrected chi connectivity index (χ1v) is 11.2. The molecule has 0 bridgehead atoms. The second-order valence-electron chi connectivity index (χ2n) is 7.65. The van der Waals surface area contributed by atoms with E-state index in [9.17, 15) is 18.7 Å². The number of carboxylic acid groups (broad SMARTS) is 1. The highest BCUT2D eigenvalue weighted by molar-refractivity contribution is 9.10. The summed E-state index contributed by atoms with van der Waals surface area (Å²) in [5.74, 6) is -4.66. The summed E-state index contributed by atoms with van der Waals surface area (Å²) in [6, 6.07) is 17.8. The van der Waals surface area contributed by atoms with Crippen LogP contribution in [0.15, 0.2) is 71.2 Å². The second kappa shape index (κ2) is 10.1. The molecule has 36 heavy (non-hydrogen) atoms. The number of nitrogens with one attached hydrogen (secondary N) is 1. The van der Waals surface area contributed by atoms with Crippen LogP contribution in [0.2, 0.25) is 0 Å². The third-order valence-corrected chi connectivity index (χ3v) is 5.66. The fraction of sp³-hybridized carbons (Fsp3) is 0.0385. The Hall–Kier alpha value is -4.31. The zero-order valence-electron chi connectivity index (χ0n) is 18.7. The third kappa shape index (κ3) is 5.18. The number of amidine groups is 1. The molecule has 1 aromatic heterocycles. The fourth-order valence-electron chi connectivity index (χ4n) is 3.32. The fourth-order valence-corrected chi connectivity index (χ4v) is 3.68. The molecule has 7 nitrogen and oxygen atoms in total. The van der Waals surface area contributed by atoms with Crippen LogP contribution < -0.4 is 15.2 Å². The van der Waals surface area contributed by atoms with Crippen molar-refractivity contribution >= 4 is 27.7 Å². The van der Waals surface area contributed by atoms with Crippen molar-refractivity contribution in [2.75, 3.05) is 0 Å². The number of ether oxygens (including phenoxy) is 2. The van der Waals surface area contributed by atoms with Gasteiger partial charge in [0.1, 0.15) is 22.9 Å². The molecule has 0 aliphatic heterocycles. The summed E-state index contributed by atoms with van der Waals surface area (Å²) in [5, 5.41) is 17.1. The Labute approximate surface area is 212 Å². The number of carbonyl (C=O) groups is 1. The number of hydrogen-bond acceptors (Lipinski definition) is 5. The zero-order valence-corrected chi connectivity index (χ0v) is 20.3. The van der Waals surface area contributed by atoms with Gasteiger partial charge in [-0.05, 0) is 54.4 Å². The summed E-state index contributed by atoms with van der Waals surface area (Å²) < 4.78 is 41.2. The summed E-state index contributed by atoms with van der Waals surface area (Å²) >= 11 is 3.17. The van der Waals surface area contributed by atoms with Crippen molar-refractivity contribution in [2.45, 2.75) is 6.92 Å². The molecule has 10 heteroatoms. The lowest BCUT2D eigenvalue weighted by Gasteiger charge is -2.14. The highest BCUT2D eigenvalue weighted by Gasteiger charge is 2.23. The Kier molecular flexibility index (Phi) is 6.98. The van der Waals surface area contributed by atoms with E-state index in [2.05, 4.69) is 20.9 Å². The maximum Gasteiger partial charge on any atom is 0.339 e. The van der Waals surface area contributed by atoms with Crippen molar-refractivity contribution < 1.29 is 28.2 Å². The van der Waals surface area contributed by atoms with E-state index in [0.29, 0.717) is 15.6 Å². The lowest BCUT2D eigenvalue weighted by molar-refractivity contribution is 0.0694. The van der Waals surface area contributed by atoms with Crippen LogP contribution in [-0.4, -0.2) is 21.9 Å². The number of aromatic carboxylic acids is 1. The van der Waals surface area contributed by atoms with Gasteiger partial charge < -0.3 is 20.3 Å². The van der Waals surface area contributed by atoms with E-state index >= 15 is 0 Å². The maximum atomic E-state index is 14.9. The summed E-state index contributed by atoms with van der Waals surface area (Å²) in [4.78, 5) is 15.4. The third-order valence-electron chi connectivity index (χ3n) is 5.17. The van der Waals surface area contributed by atoms with Gasteiger partial charge >= 0.3 is 5.97 Å². The molecule has 4 rings (SSSR count). The maximum absolute atomic E-state index is 14.9. The molecule has 0 aliphatic carbocycles. The van der Waals surface area contributed by atoms with Gasteiger partial charge in [0.15, 0.2) is 11.6 Å². The molecule has 0 atom stereocenters. The van der Waals surface area contributed by atoms with E-state index in [1.54, 1.807) is 42.5 Å². The van der Waals surface area contributed by atoms with Crippen molar-refractivity contribution in [3.8, 4) is 34.4 Å². The molecular formula is C26H18BrF2N3O4. The Morgan fingerprint density at radius 2 is 1.61 bits per heavy atom. The van der Waals surface area contributed by atoms with Gasteiger partial charge in [-0.2, -0.15) is 4.98 Å². The highest BCUT2D eigenvalue weighted by atomic mass is 79.9. The summed E-state index contributed by atoms with van der Waals surface area (Å²) in [7, 11) is 0. The molecule has 4 N–H and O–H groups in total. The van der Waals surface area contributed by atoms with Crippen LogP contribution in [0.1, 0.15) is 21.5 Å². The highest BCUT2D eigenvalue weighted by Crippen LogP contribution is 2.35. The summed E-state index contributed by atoms with van der Waals surface area (Å²) in [6.07, 6.45) is 0. The van der Waals surface area contributed by atoms with Gasteiger partial charge in [0, 0.05) is 15.6 Å². The first-order chi connectivity index (χ1) is 17.1. The molecule has 0 aliphatic rings. The first-order valence-electron chi connectivity index (χ1n) is 10.4. The van der Waals surface area contributed by atoms with E-state index in [1.807, 2.05) is 6.07 Å². The molecule has 3 aromatic carbocycles. The van der Waals surface area contributed by atoms with Gasteiger partial charge in [-0.3, -0.25) is 5.41 Å². The molecule has 0 unspecified atom stereocenters. The molecule has 182 valence electrons. The number of nitrogens with zero attached hydrogens (tertiary/aromatic N) is 1. The molecule has 0 saturated carbocycles. The number of aromatic nitrogens is 1. The van der Waals surface area contributed by atoms with Crippen molar-refractivity contribution in [1.82, 2.24) is 4.98 Å². The monoisotopic (exact) mass is 553 g/mol. The minimum Gasteiger partial charge on any atom is -0.478 e. The molecule has 0 spiro atoms. The number of nitrogens with two attached hydrogens (primary N) is 1. The quantitative estimate of drug-likeness (QED) is 0.174. The molecule has 0 radical (unpaired) electrons. The van der Waals surface area contributed by atoms with E-state index < -0.39 is 34.9 Å². The number of halogens is 3. The topological polar surface area (TPSA) is 119 Å². The van der Waals surface area contributed by atoms with Crippen LogP contribution in [-0.2, 0) is 0 Å². The van der Waals surface area contributed by atoms with Crippen LogP contribution in [0, 0.1) is 24.0 Å². The number of rotatable bonds is 7. The van der Waals surface area contributed by atoms with Gasteiger partial charge in [0.2, 0.25) is 0 Å². The minimum atomic E-state index is -1.30. The average Bonchev–Trinajstić information content (AvgIpc) is 2.86. The number of hydrogen-bond donors (Lipinski definition) is 3. The van der Waals surface area contributed by atoms with Crippen LogP contribution in [0.4, 0.5) is 8.78 Å². The Balaban J connectivity index is 1.69. The predicted molar refractivity (Wildman–Crippen MR) is 133 cm³/mol. The Bertz CT molecular complexity index is 1510. The van der Waals surface area contributed by atoms with Crippen molar-refractivity contribution in [3.63, 3.8) is 0 Å². The average molecular weight is 554 g/mol. The molecule has 0 amide bonds. The van der Waals surface area contributed by atoms with Crippen LogP contribution in [0.5, 0.6) is 23.3 Å². The number of nitrogen functional groups attached to an aromatic ring is 1. The molecular weight excluding hydrogens is 536 g/mol. The lowest BCUT2D eigenvalue weighted by Crippen LogP contribution is -2.10. The lowest BCUT2D eigenvalue weighted by atomic mass is 10.0. The van der Waals surface area contributed by atoms with Gasteiger partial charge in [0.25, 0.3) is 11.8 Å². The van der Waals surface area contributed by atoms with E-state index in [1.165, 1.54) is 25.1 Å². The predicted octanol–water partition coefficient (Wildman–Crippen LogP) is 6.66. The largest absolute Gasteiger partial charge is 0.478 e. The molecule has 0 saturated heterocycles. The first kappa shape index (κ1) is 24.8. The minimum absolute atomic E-state index is 0.0818. The van der Waals surface area contributed by atoms with E-state index in [4.69, 9.17) is 20.6 Å². The smallest absolute Gasteiger partial charge is 0.339 e. The number of benzene rings is 3. The normalized spacial score (nSPS) is 10.7. The van der Waals surface area contributed by atoms with Gasteiger partial charge in [-0.1, -0.05) is 46.3 Å². The second-order valence-corrected chi connectivity index (χ2v) is 8.56. The Morgan fingerprint density at radius 3 is 2.28 bits per heavy atom. The Morgan fingerprint density at radius 1 is 0.972 bits per heavy atom. The van der Waals surface area contributed by atoms with Gasteiger partial charge in [0.05, 0.1) is 0 Å². The van der Waals surface area contributed by atoms with Gasteiger partial charge in [-0.15, -0.1) is 0 Å². The van der Waals surface area contributed by atoms with Crippen molar-refractivity contribution in [1.29, 1.82) is 5.41 Å². The summed E-state index contributed by atoms with van der Waals surface area (Å²) in [6.45, 7) is 1.19. The van der Waals surface area contributed by atoms with Gasteiger partial charge in [-0.25, -0.2) is 13.6 Å². The van der Waals surface area contributed by atoms with Crippen LogP contribution in [0.3, 0.4) is 0 Å². The zero-order chi connectivity index (χ0) is 26.0. The number of carboxylic acids is 1. The van der Waals surface area contributed by atoms with E-state index in [0.717, 1.165) is 5.56 Å². The SMILES string of the molecule is Cc1c(F)c(Oc2cccc(-c3cccc(C(=N)N)c3)c2)nc(Oc2ccc(Br)cc2C(=O)O)c1F. The summed E-state index contributed by atoms with van der Waals surface area (Å²) in [5.41, 5.74) is 6.91. The van der Waals surface area contributed by atoms with Crippen LogP contribution in [0.25, 0.3) is 11.1 Å². The molecule has 1 heterocycles. The van der Waals surface area contributed by atoms with Crippen molar-refractivity contribution in [2.24, 2.45) is 5.73 Å². The van der Waals surface area contributed by atoms with Crippen LogP contribution >= 0.6 is 15.9 Å². The van der Waals surface area contributed by atoms with Crippen molar-refractivity contribution in [3.05, 3.63) is 99.5 Å². The molecule has 0 fully saturated rings. The van der Waals surface area contributed by atoms with E-state index in [-0.39, 0.29) is 22.9 Å². The number of pyridine rings is 1. The standard InChI is InChI=1S/C26H18BrF2N3O4/c1-13-21(28)24(32-25(22(13)29)36-20-9-8-17(27)12-19(20)26(33)34)35-18-7-3-5-15(11-18)14-4-2-6-16(10-14)23(30)31/h2-12H,1H3,(H3,30,31)(H,33,34).